The van der Waals surface area contributed by atoms with Crippen LogP contribution >= 0.6 is 0 Å². The van der Waals surface area contributed by atoms with Crippen LogP contribution < -0.4 is 10.2 Å². The molecular formula is C21H24N2O4. The largest absolute Gasteiger partial charge is 0.465 e. The first-order valence-electron chi connectivity index (χ1n) is 8.66. The first kappa shape index (κ1) is 20.2. The van der Waals surface area contributed by atoms with E-state index in [0.29, 0.717) is 5.69 Å². The third-order valence-electron chi connectivity index (χ3n) is 4.19. The van der Waals surface area contributed by atoms with Crippen LogP contribution in [0.15, 0.2) is 42.5 Å². The number of nitrogens with one attached hydrogen (secondary N) is 1. The maximum Gasteiger partial charge on any atom is 0.339 e. The lowest BCUT2D eigenvalue weighted by atomic mass is 10.1. The molecule has 2 rings (SSSR count). The van der Waals surface area contributed by atoms with Crippen molar-refractivity contribution in [1.82, 2.24) is 0 Å². The van der Waals surface area contributed by atoms with Crippen molar-refractivity contribution in [2.45, 2.75) is 27.2 Å². The van der Waals surface area contributed by atoms with Crippen molar-refractivity contribution >= 4 is 29.2 Å². The molecule has 0 aliphatic rings. The number of methoxy groups -OCH3 is 1. The van der Waals surface area contributed by atoms with Crippen molar-refractivity contribution in [1.29, 1.82) is 0 Å². The molecule has 6 heteroatoms. The van der Waals surface area contributed by atoms with E-state index in [1.54, 1.807) is 29.2 Å². The van der Waals surface area contributed by atoms with Gasteiger partial charge in [0.25, 0.3) is 0 Å². The zero-order valence-electron chi connectivity index (χ0n) is 16.0. The molecule has 0 aromatic heterocycles. The van der Waals surface area contributed by atoms with Crippen LogP contribution in [0.1, 0.15) is 34.8 Å². The van der Waals surface area contributed by atoms with Gasteiger partial charge in [-0.2, -0.15) is 0 Å². The number of carbonyl (C=O) groups excluding carboxylic acids is 3. The topological polar surface area (TPSA) is 75.7 Å². The molecule has 2 amide bonds. The fourth-order valence-corrected chi connectivity index (χ4v) is 2.86. The summed E-state index contributed by atoms with van der Waals surface area (Å²) in [6, 6.07) is 12.5. The Bertz CT molecular complexity index is 861. The number of hydrogen-bond donors (Lipinski definition) is 1. The van der Waals surface area contributed by atoms with Crippen LogP contribution in [0.5, 0.6) is 0 Å². The normalized spacial score (nSPS) is 10.2. The van der Waals surface area contributed by atoms with Gasteiger partial charge >= 0.3 is 5.97 Å². The summed E-state index contributed by atoms with van der Waals surface area (Å²) in [5.41, 5.74) is 3.54. The van der Waals surface area contributed by atoms with Crippen LogP contribution in [0.4, 0.5) is 11.4 Å². The Morgan fingerprint density at radius 3 is 2.41 bits per heavy atom. The summed E-state index contributed by atoms with van der Waals surface area (Å²) in [4.78, 5) is 37.8. The molecule has 142 valence electrons. The van der Waals surface area contributed by atoms with E-state index >= 15 is 0 Å². The third-order valence-corrected chi connectivity index (χ3v) is 4.19. The number of anilines is 2. The lowest BCUT2D eigenvalue weighted by molar-refractivity contribution is -0.117. The average Bonchev–Trinajstić information content (AvgIpc) is 2.63. The maximum absolute atomic E-state index is 12.4. The average molecular weight is 368 g/mol. The van der Waals surface area contributed by atoms with Crippen molar-refractivity contribution in [3.05, 3.63) is 59.2 Å². The van der Waals surface area contributed by atoms with E-state index in [1.165, 1.54) is 14.0 Å². The summed E-state index contributed by atoms with van der Waals surface area (Å²) < 4.78 is 4.73. The van der Waals surface area contributed by atoms with Gasteiger partial charge in [0.1, 0.15) is 0 Å². The number of amides is 2. The molecule has 0 bridgehead atoms. The molecule has 0 saturated heterocycles. The standard InChI is InChI=1S/C21H24N2O4/c1-14-9-10-19(15(2)13-14)23(16(3)24)12-11-20(25)22-18-8-6-5-7-17(18)21(26)27-4/h5-10,13H,11-12H2,1-4H3,(H,22,25). The van der Waals surface area contributed by atoms with Crippen molar-refractivity contribution in [2.75, 3.05) is 23.9 Å². The van der Waals surface area contributed by atoms with Crippen LogP contribution in [0, 0.1) is 13.8 Å². The lowest BCUT2D eigenvalue weighted by Gasteiger charge is -2.23. The van der Waals surface area contributed by atoms with Gasteiger partial charge in [0.15, 0.2) is 0 Å². The van der Waals surface area contributed by atoms with Gasteiger partial charge in [0, 0.05) is 25.6 Å². The first-order chi connectivity index (χ1) is 12.8. The Morgan fingerprint density at radius 1 is 1.07 bits per heavy atom. The number of aryl methyl sites for hydroxylation is 2. The van der Waals surface area contributed by atoms with E-state index in [4.69, 9.17) is 4.74 Å². The fraction of sp³-hybridized carbons (Fsp3) is 0.286. The fourth-order valence-electron chi connectivity index (χ4n) is 2.86. The van der Waals surface area contributed by atoms with Crippen molar-refractivity contribution in [3.8, 4) is 0 Å². The quantitative estimate of drug-likeness (QED) is 0.792. The van der Waals surface area contributed by atoms with Gasteiger partial charge in [0.2, 0.25) is 11.8 Å². The maximum atomic E-state index is 12.4. The van der Waals surface area contributed by atoms with E-state index in [0.717, 1.165) is 16.8 Å². The molecule has 0 atom stereocenters. The highest BCUT2D eigenvalue weighted by Crippen LogP contribution is 2.22. The zero-order chi connectivity index (χ0) is 20.0. The second-order valence-electron chi connectivity index (χ2n) is 6.30. The molecule has 0 saturated carbocycles. The molecule has 2 aromatic rings. The van der Waals surface area contributed by atoms with Crippen molar-refractivity contribution in [3.63, 3.8) is 0 Å². The van der Waals surface area contributed by atoms with E-state index < -0.39 is 5.97 Å². The Labute approximate surface area is 159 Å². The van der Waals surface area contributed by atoms with Crippen LogP contribution in [0.25, 0.3) is 0 Å². The smallest absolute Gasteiger partial charge is 0.339 e. The Hall–Kier alpha value is -3.15. The summed E-state index contributed by atoms with van der Waals surface area (Å²) in [5, 5.41) is 2.72. The molecule has 1 N–H and O–H groups in total. The molecule has 2 aromatic carbocycles. The number of carbonyl (C=O) groups is 3. The van der Waals surface area contributed by atoms with Crippen molar-refractivity contribution < 1.29 is 19.1 Å². The van der Waals surface area contributed by atoms with Crippen LogP contribution in [0.3, 0.4) is 0 Å². The highest BCUT2D eigenvalue weighted by molar-refractivity contribution is 6.01. The van der Waals surface area contributed by atoms with E-state index in [1.807, 2.05) is 32.0 Å². The number of esters is 1. The molecule has 0 aliphatic carbocycles. The predicted molar refractivity (Wildman–Crippen MR) is 105 cm³/mol. The minimum atomic E-state index is -0.522. The number of para-hydroxylation sites is 1. The van der Waals surface area contributed by atoms with E-state index in [2.05, 4.69) is 5.32 Å². The van der Waals surface area contributed by atoms with E-state index in [-0.39, 0.29) is 30.3 Å². The number of ether oxygens (including phenoxy) is 1. The van der Waals surface area contributed by atoms with Crippen LogP contribution in [-0.4, -0.2) is 31.4 Å². The highest BCUT2D eigenvalue weighted by atomic mass is 16.5. The molecule has 0 radical (unpaired) electrons. The van der Waals surface area contributed by atoms with Crippen molar-refractivity contribution in [2.24, 2.45) is 0 Å². The Balaban J connectivity index is 2.09. The SMILES string of the molecule is COC(=O)c1ccccc1NC(=O)CCN(C(C)=O)c1ccc(C)cc1C. The minimum Gasteiger partial charge on any atom is -0.465 e. The first-order valence-corrected chi connectivity index (χ1v) is 8.66. The summed E-state index contributed by atoms with van der Waals surface area (Å²) in [5.74, 6) is -0.946. The van der Waals surface area contributed by atoms with Gasteiger partial charge in [-0.1, -0.05) is 29.8 Å². The van der Waals surface area contributed by atoms with Gasteiger partial charge in [-0.05, 0) is 37.6 Å². The van der Waals surface area contributed by atoms with Gasteiger partial charge in [0.05, 0.1) is 18.4 Å². The number of rotatable bonds is 6. The van der Waals surface area contributed by atoms with Crippen LogP contribution in [0.2, 0.25) is 0 Å². The minimum absolute atomic E-state index is 0.0996. The monoisotopic (exact) mass is 368 g/mol. The van der Waals surface area contributed by atoms with Gasteiger partial charge in [-0.15, -0.1) is 0 Å². The molecule has 6 nitrogen and oxygen atoms in total. The Morgan fingerprint density at radius 2 is 1.78 bits per heavy atom. The molecule has 0 unspecified atom stereocenters. The number of hydrogen-bond acceptors (Lipinski definition) is 4. The molecule has 0 fully saturated rings. The number of benzene rings is 2. The second-order valence-corrected chi connectivity index (χ2v) is 6.30. The summed E-state index contributed by atoms with van der Waals surface area (Å²) in [7, 11) is 1.29. The summed E-state index contributed by atoms with van der Waals surface area (Å²) >= 11 is 0. The zero-order valence-corrected chi connectivity index (χ0v) is 16.0. The van der Waals surface area contributed by atoms with E-state index in [9.17, 15) is 14.4 Å². The summed E-state index contributed by atoms with van der Waals surface area (Å²) in [6.45, 7) is 5.64. The number of nitrogens with zero attached hydrogens (tertiary/aromatic N) is 1. The highest BCUT2D eigenvalue weighted by Gasteiger charge is 2.17. The van der Waals surface area contributed by atoms with Gasteiger partial charge in [-0.25, -0.2) is 4.79 Å². The predicted octanol–water partition coefficient (Wildman–Crippen LogP) is 3.47. The lowest BCUT2D eigenvalue weighted by Crippen LogP contribution is -2.32. The van der Waals surface area contributed by atoms with Gasteiger partial charge in [-0.3, -0.25) is 9.59 Å². The summed E-state index contributed by atoms with van der Waals surface area (Å²) in [6.07, 6.45) is 0.0996. The third kappa shape index (κ3) is 5.17. The molecule has 0 heterocycles. The molecule has 0 spiro atoms. The van der Waals surface area contributed by atoms with Gasteiger partial charge < -0.3 is 15.0 Å². The Kier molecular flexibility index (Phi) is 6.71. The second kappa shape index (κ2) is 8.98. The van der Waals surface area contributed by atoms with Crippen LogP contribution in [-0.2, 0) is 14.3 Å². The molecule has 27 heavy (non-hydrogen) atoms. The molecular weight excluding hydrogens is 344 g/mol. The molecule has 0 aliphatic heterocycles.